The zero-order chi connectivity index (χ0) is 13.8. The van der Waals surface area contributed by atoms with Gasteiger partial charge in [-0.3, -0.25) is 9.69 Å². The van der Waals surface area contributed by atoms with E-state index >= 15 is 0 Å². The molecule has 1 unspecified atom stereocenters. The predicted octanol–water partition coefficient (Wildman–Crippen LogP) is 1.32. The first-order valence-electron chi connectivity index (χ1n) is 7.27. The molecule has 1 aromatic carbocycles. The third kappa shape index (κ3) is 4.13. The normalized spacial score (nSPS) is 21.4. The molecule has 1 amide bonds. The molecule has 1 fully saturated rings. The van der Waals surface area contributed by atoms with Crippen LogP contribution in [-0.2, 0) is 4.79 Å². The van der Waals surface area contributed by atoms with E-state index in [1.54, 1.807) is 11.8 Å². The minimum Gasteiger partial charge on any atom is -0.354 e. The van der Waals surface area contributed by atoms with Crippen LogP contribution in [0.15, 0.2) is 29.2 Å². The van der Waals surface area contributed by atoms with Crippen LogP contribution in [0.5, 0.6) is 0 Å². The molecular formula is C15H22ClN3OS. The van der Waals surface area contributed by atoms with E-state index in [0.29, 0.717) is 0 Å². The zero-order valence-corrected chi connectivity index (χ0v) is 13.6. The van der Waals surface area contributed by atoms with Crippen LogP contribution in [0.1, 0.15) is 11.5 Å². The maximum absolute atomic E-state index is 12.3. The van der Waals surface area contributed by atoms with Crippen LogP contribution < -0.4 is 10.6 Å². The number of fused-ring (bicyclic) bond motifs is 1. The molecule has 0 radical (unpaired) electrons. The lowest BCUT2D eigenvalue weighted by Crippen LogP contribution is -2.46. The Morgan fingerprint density at radius 2 is 2.10 bits per heavy atom. The van der Waals surface area contributed by atoms with Crippen LogP contribution in [0.3, 0.4) is 0 Å². The molecule has 2 heterocycles. The molecule has 1 saturated heterocycles. The van der Waals surface area contributed by atoms with Crippen molar-refractivity contribution < 1.29 is 4.79 Å². The van der Waals surface area contributed by atoms with Crippen LogP contribution in [0, 0.1) is 0 Å². The second kappa shape index (κ2) is 8.03. The van der Waals surface area contributed by atoms with Gasteiger partial charge in [0.15, 0.2) is 0 Å². The van der Waals surface area contributed by atoms with Crippen LogP contribution in [0.2, 0.25) is 0 Å². The summed E-state index contributed by atoms with van der Waals surface area (Å²) in [6.07, 6.45) is 0. The lowest BCUT2D eigenvalue weighted by Gasteiger charge is -2.27. The summed E-state index contributed by atoms with van der Waals surface area (Å²) >= 11 is 1.79. The third-order valence-corrected chi connectivity index (χ3v) is 5.14. The van der Waals surface area contributed by atoms with Gasteiger partial charge in [0.2, 0.25) is 5.91 Å². The van der Waals surface area contributed by atoms with Gasteiger partial charge in [-0.2, -0.15) is 0 Å². The molecule has 116 valence electrons. The number of benzene rings is 1. The van der Waals surface area contributed by atoms with Crippen LogP contribution in [0.4, 0.5) is 0 Å². The Labute approximate surface area is 136 Å². The molecule has 1 aromatic rings. The summed E-state index contributed by atoms with van der Waals surface area (Å²) in [5.41, 5.74) is 1.19. The second-order valence-electron chi connectivity index (χ2n) is 5.28. The Kier molecular flexibility index (Phi) is 6.36. The minimum atomic E-state index is 0. The van der Waals surface area contributed by atoms with Gasteiger partial charge in [0, 0.05) is 49.9 Å². The first-order valence-corrected chi connectivity index (χ1v) is 8.25. The minimum absolute atomic E-state index is 0. The second-order valence-corrected chi connectivity index (χ2v) is 6.35. The fourth-order valence-electron chi connectivity index (χ4n) is 2.77. The number of halogens is 1. The van der Waals surface area contributed by atoms with Crippen molar-refractivity contribution in [3.05, 3.63) is 29.8 Å². The van der Waals surface area contributed by atoms with Gasteiger partial charge >= 0.3 is 0 Å². The molecule has 2 N–H and O–H groups in total. The lowest BCUT2D eigenvalue weighted by atomic mass is 10.0. The van der Waals surface area contributed by atoms with Gasteiger partial charge in [0.1, 0.15) is 0 Å². The highest BCUT2D eigenvalue weighted by Crippen LogP contribution is 2.39. The Bertz CT molecular complexity index is 480. The number of rotatable bonds is 4. The summed E-state index contributed by atoms with van der Waals surface area (Å²) in [5, 5.41) is 6.44. The summed E-state index contributed by atoms with van der Waals surface area (Å²) in [4.78, 5) is 16.0. The molecule has 0 saturated carbocycles. The van der Waals surface area contributed by atoms with Crippen molar-refractivity contribution in [2.75, 3.05) is 45.0 Å². The fraction of sp³-hybridized carbons (Fsp3) is 0.533. The Balaban J connectivity index is 0.00000161. The smallest absolute Gasteiger partial charge is 0.228 e. The van der Waals surface area contributed by atoms with Gasteiger partial charge in [-0.05, 0) is 11.6 Å². The van der Waals surface area contributed by atoms with Gasteiger partial charge in [-0.1, -0.05) is 18.2 Å². The number of nitrogens with one attached hydrogen (secondary N) is 2. The van der Waals surface area contributed by atoms with Crippen LogP contribution in [-0.4, -0.2) is 55.8 Å². The molecule has 4 nitrogen and oxygen atoms in total. The summed E-state index contributed by atoms with van der Waals surface area (Å²) < 4.78 is 0. The highest BCUT2D eigenvalue weighted by Gasteiger charge is 2.28. The molecule has 0 aromatic heterocycles. The molecule has 0 spiro atoms. The third-order valence-electron chi connectivity index (χ3n) is 3.95. The number of hydrogen-bond donors (Lipinski definition) is 2. The molecule has 3 rings (SSSR count). The van der Waals surface area contributed by atoms with E-state index in [1.165, 1.54) is 10.5 Å². The largest absolute Gasteiger partial charge is 0.354 e. The fourth-order valence-corrected chi connectivity index (χ4v) is 4.00. The monoisotopic (exact) mass is 327 g/mol. The highest BCUT2D eigenvalue weighted by atomic mass is 35.5. The van der Waals surface area contributed by atoms with Crippen molar-refractivity contribution in [1.82, 2.24) is 15.5 Å². The molecule has 6 heteroatoms. The number of thioether (sulfide) groups is 1. The van der Waals surface area contributed by atoms with E-state index in [0.717, 1.165) is 45.0 Å². The quantitative estimate of drug-likeness (QED) is 0.875. The molecule has 2 aliphatic rings. The van der Waals surface area contributed by atoms with Crippen molar-refractivity contribution >= 4 is 30.1 Å². The van der Waals surface area contributed by atoms with Gasteiger partial charge in [0.25, 0.3) is 0 Å². The Hall–Kier alpha value is -0.750. The summed E-state index contributed by atoms with van der Waals surface area (Å²) in [6, 6.07) is 8.24. The first kappa shape index (κ1) is 16.6. The molecule has 1 atom stereocenters. The number of nitrogens with zero attached hydrogens (tertiary/aromatic N) is 1. The van der Waals surface area contributed by atoms with Crippen molar-refractivity contribution in [2.24, 2.45) is 0 Å². The van der Waals surface area contributed by atoms with Crippen molar-refractivity contribution in [3.63, 3.8) is 0 Å². The standard InChI is InChI=1S/C15H21N3OS.ClH/c19-15(17-7-10-18-8-5-16-6-9-18)13-11-20-14-4-2-1-3-12(13)14;/h1-4,13,16H,5-11H2,(H,17,19);1H. The van der Waals surface area contributed by atoms with Crippen molar-refractivity contribution in [1.29, 1.82) is 0 Å². The maximum Gasteiger partial charge on any atom is 0.228 e. The number of amides is 1. The number of carbonyl (C=O) groups excluding carboxylic acids is 1. The molecule has 21 heavy (non-hydrogen) atoms. The lowest BCUT2D eigenvalue weighted by molar-refractivity contribution is -0.122. The van der Waals surface area contributed by atoms with Gasteiger partial charge in [-0.25, -0.2) is 0 Å². The number of carbonyl (C=O) groups is 1. The molecule has 0 bridgehead atoms. The average molecular weight is 328 g/mol. The van der Waals surface area contributed by atoms with Gasteiger partial charge in [0.05, 0.1) is 5.92 Å². The van der Waals surface area contributed by atoms with E-state index in [2.05, 4.69) is 27.7 Å². The maximum atomic E-state index is 12.3. The van der Waals surface area contributed by atoms with Crippen LogP contribution in [0.25, 0.3) is 0 Å². The molecule has 0 aliphatic carbocycles. The van der Waals surface area contributed by atoms with Crippen LogP contribution >= 0.6 is 24.2 Å². The number of hydrogen-bond acceptors (Lipinski definition) is 4. The van der Waals surface area contributed by atoms with E-state index < -0.39 is 0 Å². The zero-order valence-electron chi connectivity index (χ0n) is 12.0. The summed E-state index contributed by atoms with van der Waals surface area (Å²) in [5.74, 6) is 1.08. The highest BCUT2D eigenvalue weighted by molar-refractivity contribution is 7.99. The predicted molar refractivity (Wildman–Crippen MR) is 89.5 cm³/mol. The van der Waals surface area contributed by atoms with Gasteiger partial charge in [-0.15, -0.1) is 24.2 Å². The summed E-state index contributed by atoms with van der Waals surface area (Å²) in [7, 11) is 0. The summed E-state index contributed by atoms with van der Waals surface area (Å²) in [6.45, 7) is 5.98. The van der Waals surface area contributed by atoms with Gasteiger partial charge < -0.3 is 10.6 Å². The van der Waals surface area contributed by atoms with Crippen molar-refractivity contribution in [3.8, 4) is 0 Å². The Morgan fingerprint density at radius 3 is 2.90 bits per heavy atom. The molecular weight excluding hydrogens is 306 g/mol. The average Bonchev–Trinajstić information content (AvgIpc) is 2.92. The topological polar surface area (TPSA) is 44.4 Å². The van der Waals surface area contributed by atoms with E-state index in [4.69, 9.17) is 0 Å². The van der Waals surface area contributed by atoms with E-state index in [9.17, 15) is 4.79 Å². The SMILES string of the molecule is Cl.O=C(NCCN1CCNCC1)C1CSc2ccccc21. The van der Waals surface area contributed by atoms with E-state index in [-0.39, 0.29) is 24.2 Å². The van der Waals surface area contributed by atoms with Crippen molar-refractivity contribution in [2.45, 2.75) is 10.8 Å². The molecule has 2 aliphatic heterocycles. The first-order chi connectivity index (χ1) is 9.84. The van der Waals surface area contributed by atoms with E-state index in [1.807, 2.05) is 12.1 Å². The Morgan fingerprint density at radius 1 is 1.33 bits per heavy atom. The number of piperazine rings is 1.